The van der Waals surface area contributed by atoms with Crippen LogP contribution >= 0.6 is 12.4 Å². The zero-order valence-corrected chi connectivity index (χ0v) is 11.9. The minimum atomic E-state index is 0. The summed E-state index contributed by atoms with van der Waals surface area (Å²) in [6.45, 7) is 2.09. The molecule has 1 atom stereocenters. The van der Waals surface area contributed by atoms with Crippen molar-refractivity contribution in [1.82, 2.24) is 25.7 Å². The van der Waals surface area contributed by atoms with Crippen LogP contribution in [0.25, 0.3) is 11.6 Å². The van der Waals surface area contributed by atoms with E-state index in [2.05, 4.69) is 25.7 Å². The number of halogens is 1. The van der Waals surface area contributed by atoms with E-state index < -0.39 is 0 Å². The molecule has 2 aliphatic rings. The molecule has 108 valence electrons. The SMILES string of the molecule is Cl.c1c(-c2nc(CC3CC3)no2)n[nH]c1C1CCNC1. The summed E-state index contributed by atoms with van der Waals surface area (Å²) in [7, 11) is 0. The van der Waals surface area contributed by atoms with Crippen molar-refractivity contribution in [2.75, 3.05) is 13.1 Å². The van der Waals surface area contributed by atoms with E-state index in [1.165, 1.54) is 12.8 Å². The van der Waals surface area contributed by atoms with E-state index in [-0.39, 0.29) is 12.4 Å². The monoisotopic (exact) mass is 295 g/mol. The molecule has 0 amide bonds. The van der Waals surface area contributed by atoms with Crippen LogP contribution in [-0.2, 0) is 6.42 Å². The van der Waals surface area contributed by atoms with Gasteiger partial charge in [-0.25, -0.2) is 0 Å². The van der Waals surface area contributed by atoms with Crippen LogP contribution in [-0.4, -0.2) is 33.4 Å². The minimum Gasteiger partial charge on any atom is -0.332 e. The predicted octanol–water partition coefficient (Wildman–Crippen LogP) is 1.91. The van der Waals surface area contributed by atoms with Gasteiger partial charge in [-0.2, -0.15) is 10.1 Å². The van der Waals surface area contributed by atoms with Crippen molar-refractivity contribution < 1.29 is 4.52 Å². The standard InChI is InChI=1S/C13H17N5O.ClH/c1-2-8(1)5-12-15-13(19-18-12)11-6-10(16-17-11)9-3-4-14-7-9;/h6,8-9,14H,1-5,7H2,(H,16,17);1H. The molecule has 1 aliphatic carbocycles. The third kappa shape index (κ3) is 2.71. The van der Waals surface area contributed by atoms with Gasteiger partial charge >= 0.3 is 0 Å². The van der Waals surface area contributed by atoms with Crippen LogP contribution in [0.4, 0.5) is 0 Å². The van der Waals surface area contributed by atoms with E-state index in [9.17, 15) is 0 Å². The van der Waals surface area contributed by atoms with Crippen LogP contribution in [0.5, 0.6) is 0 Å². The highest BCUT2D eigenvalue weighted by Gasteiger charge is 2.25. The molecule has 1 aliphatic heterocycles. The molecule has 20 heavy (non-hydrogen) atoms. The summed E-state index contributed by atoms with van der Waals surface area (Å²) < 4.78 is 5.30. The number of H-pyrrole nitrogens is 1. The van der Waals surface area contributed by atoms with E-state index in [0.717, 1.165) is 49.1 Å². The van der Waals surface area contributed by atoms with Gasteiger partial charge in [-0.3, -0.25) is 5.10 Å². The van der Waals surface area contributed by atoms with Crippen LogP contribution in [0.3, 0.4) is 0 Å². The average molecular weight is 296 g/mol. The van der Waals surface area contributed by atoms with Gasteiger partial charge < -0.3 is 9.84 Å². The minimum absolute atomic E-state index is 0. The zero-order valence-electron chi connectivity index (χ0n) is 11.1. The summed E-state index contributed by atoms with van der Waals surface area (Å²) in [5.74, 6) is 2.63. The van der Waals surface area contributed by atoms with Gasteiger partial charge in [0.1, 0.15) is 0 Å². The molecular formula is C13H18ClN5O. The number of aromatic amines is 1. The molecule has 1 saturated heterocycles. The van der Waals surface area contributed by atoms with Crippen molar-refractivity contribution in [3.63, 3.8) is 0 Å². The number of aromatic nitrogens is 4. The summed E-state index contributed by atoms with van der Waals surface area (Å²) >= 11 is 0. The molecule has 3 heterocycles. The summed E-state index contributed by atoms with van der Waals surface area (Å²) in [4.78, 5) is 4.42. The Morgan fingerprint density at radius 3 is 2.95 bits per heavy atom. The van der Waals surface area contributed by atoms with Gasteiger partial charge in [-0.1, -0.05) is 5.16 Å². The molecule has 2 aromatic heterocycles. The Hall–Kier alpha value is -1.40. The number of nitrogens with one attached hydrogen (secondary N) is 2. The lowest BCUT2D eigenvalue weighted by Crippen LogP contribution is -2.08. The van der Waals surface area contributed by atoms with Crippen LogP contribution < -0.4 is 5.32 Å². The van der Waals surface area contributed by atoms with Crippen LogP contribution in [0.2, 0.25) is 0 Å². The first-order valence-electron chi connectivity index (χ1n) is 6.97. The lowest BCUT2D eigenvalue weighted by molar-refractivity contribution is 0.419. The molecule has 2 fully saturated rings. The topological polar surface area (TPSA) is 79.6 Å². The molecule has 2 N–H and O–H groups in total. The fourth-order valence-electron chi connectivity index (χ4n) is 2.60. The second kappa shape index (κ2) is 5.54. The van der Waals surface area contributed by atoms with Gasteiger partial charge in [0.25, 0.3) is 5.89 Å². The van der Waals surface area contributed by atoms with Gasteiger partial charge in [-0.15, -0.1) is 12.4 Å². The van der Waals surface area contributed by atoms with E-state index >= 15 is 0 Å². The maximum atomic E-state index is 5.30. The van der Waals surface area contributed by atoms with Crippen molar-refractivity contribution in [2.24, 2.45) is 5.92 Å². The largest absolute Gasteiger partial charge is 0.332 e. The van der Waals surface area contributed by atoms with Crippen molar-refractivity contribution >= 4 is 12.4 Å². The summed E-state index contributed by atoms with van der Waals surface area (Å²) in [5.41, 5.74) is 1.92. The van der Waals surface area contributed by atoms with Crippen molar-refractivity contribution in [1.29, 1.82) is 0 Å². The number of hydrogen-bond acceptors (Lipinski definition) is 5. The molecule has 0 bridgehead atoms. The Balaban J connectivity index is 0.00000121. The molecule has 0 spiro atoms. The van der Waals surface area contributed by atoms with Gasteiger partial charge in [0.15, 0.2) is 11.5 Å². The molecule has 0 aromatic carbocycles. The summed E-state index contributed by atoms with van der Waals surface area (Å²) in [5, 5.41) is 14.8. The first-order valence-corrected chi connectivity index (χ1v) is 6.97. The fraction of sp³-hybridized carbons (Fsp3) is 0.615. The van der Waals surface area contributed by atoms with Gasteiger partial charge in [0.05, 0.1) is 0 Å². The van der Waals surface area contributed by atoms with Crippen molar-refractivity contribution in [3.8, 4) is 11.6 Å². The molecule has 1 unspecified atom stereocenters. The smallest absolute Gasteiger partial charge is 0.278 e. The average Bonchev–Trinajstić information content (AvgIpc) is 2.93. The summed E-state index contributed by atoms with van der Waals surface area (Å²) in [6, 6.07) is 2.03. The molecule has 7 heteroatoms. The fourth-order valence-corrected chi connectivity index (χ4v) is 2.60. The number of rotatable bonds is 4. The normalized spacial score (nSPS) is 21.9. The zero-order chi connectivity index (χ0) is 12.7. The molecule has 2 aromatic rings. The van der Waals surface area contributed by atoms with Gasteiger partial charge in [0.2, 0.25) is 0 Å². The van der Waals surface area contributed by atoms with E-state index in [1.807, 2.05) is 6.07 Å². The Morgan fingerprint density at radius 1 is 1.30 bits per heavy atom. The maximum Gasteiger partial charge on any atom is 0.278 e. The van der Waals surface area contributed by atoms with Crippen molar-refractivity contribution in [3.05, 3.63) is 17.6 Å². The number of nitrogens with zero attached hydrogens (tertiary/aromatic N) is 3. The Labute approximate surface area is 123 Å². The predicted molar refractivity (Wildman–Crippen MR) is 75.8 cm³/mol. The highest BCUT2D eigenvalue weighted by Crippen LogP contribution is 2.32. The molecule has 6 nitrogen and oxygen atoms in total. The highest BCUT2D eigenvalue weighted by atomic mass is 35.5. The van der Waals surface area contributed by atoms with E-state index in [1.54, 1.807) is 0 Å². The summed E-state index contributed by atoms with van der Waals surface area (Å²) in [6.07, 6.45) is 4.68. The maximum absolute atomic E-state index is 5.30. The third-order valence-electron chi connectivity index (χ3n) is 3.95. The van der Waals surface area contributed by atoms with Crippen LogP contribution in [0.15, 0.2) is 10.6 Å². The quantitative estimate of drug-likeness (QED) is 0.901. The Kier molecular flexibility index (Phi) is 3.76. The van der Waals surface area contributed by atoms with Gasteiger partial charge in [-0.05, 0) is 37.8 Å². The van der Waals surface area contributed by atoms with E-state index in [0.29, 0.717) is 11.8 Å². The molecule has 0 radical (unpaired) electrons. The van der Waals surface area contributed by atoms with Crippen LogP contribution in [0, 0.1) is 5.92 Å². The van der Waals surface area contributed by atoms with Crippen LogP contribution in [0.1, 0.15) is 36.7 Å². The molecule has 1 saturated carbocycles. The Bertz CT molecular complexity index is 571. The first kappa shape index (κ1) is 13.6. The number of hydrogen-bond donors (Lipinski definition) is 2. The van der Waals surface area contributed by atoms with Crippen molar-refractivity contribution in [2.45, 2.75) is 31.6 Å². The second-order valence-electron chi connectivity index (χ2n) is 5.56. The molecular weight excluding hydrogens is 278 g/mol. The second-order valence-corrected chi connectivity index (χ2v) is 5.56. The lowest BCUT2D eigenvalue weighted by Gasteiger charge is -2.02. The van der Waals surface area contributed by atoms with E-state index in [4.69, 9.17) is 4.52 Å². The third-order valence-corrected chi connectivity index (χ3v) is 3.95. The first-order chi connectivity index (χ1) is 9.38. The van der Waals surface area contributed by atoms with Gasteiger partial charge in [0, 0.05) is 24.6 Å². The lowest BCUT2D eigenvalue weighted by atomic mass is 10.1. The Morgan fingerprint density at radius 2 is 2.20 bits per heavy atom. The molecule has 4 rings (SSSR count). The highest BCUT2D eigenvalue weighted by molar-refractivity contribution is 5.85.